The fourth-order valence-corrected chi connectivity index (χ4v) is 3.81. The molecule has 1 atom stereocenters. The summed E-state index contributed by atoms with van der Waals surface area (Å²) in [6.45, 7) is 5.78. The van der Waals surface area contributed by atoms with Crippen LogP contribution >= 0.6 is 43.5 Å². The first kappa shape index (κ1) is 16.0. The van der Waals surface area contributed by atoms with E-state index in [1.807, 2.05) is 10.7 Å². The Bertz CT molecular complexity index is 578. The molecule has 1 unspecified atom stereocenters. The van der Waals surface area contributed by atoms with Crippen LogP contribution in [0.2, 0.25) is 5.02 Å². The number of aryl methyl sites for hydroxylation is 1. The third-order valence-electron chi connectivity index (χ3n) is 3.03. The maximum Gasteiger partial charge on any atom is 0.0837 e. The largest absolute Gasteiger partial charge is 0.305 e. The summed E-state index contributed by atoms with van der Waals surface area (Å²) in [7, 11) is 0. The van der Waals surface area contributed by atoms with Gasteiger partial charge in [-0.05, 0) is 37.2 Å². The monoisotopic (exact) mass is 419 g/mol. The number of aromatic nitrogens is 2. The lowest BCUT2D eigenvalue weighted by molar-refractivity contribution is 0.542. The fourth-order valence-electron chi connectivity index (χ4n) is 2.23. The second-order valence-electron chi connectivity index (χ2n) is 4.39. The molecule has 3 nitrogen and oxygen atoms in total. The Balaban J connectivity index is 2.52. The van der Waals surface area contributed by atoms with Crippen molar-refractivity contribution in [1.29, 1.82) is 0 Å². The molecule has 6 heteroatoms. The molecule has 1 heterocycles. The summed E-state index contributed by atoms with van der Waals surface area (Å²) in [6.07, 6.45) is 1.71. The quantitative estimate of drug-likeness (QED) is 0.753. The number of benzene rings is 1. The van der Waals surface area contributed by atoms with Crippen LogP contribution in [0.1, 0.15) is 31.1 Å². The van der Waals surface area contributed by atoms with Crippen molar-refractivity contribution in [2.45, 2.75) is 26.4 Å². The van der Waals surface area contributed by atoms with Crippen molar-refractivity contribution in [3.05, 3.63) is 49.6 Å². The van der Waals surface area contributed by atoms with Gasteiger partial charge in [0, 0.05) is 15.5 Å². The zero-order valence-corrected chi connectivity index (χ0v) is 15.3. The van der Waals surface area contributed by atoms with Gasteiger partial charge in [0.2, 0.25) is 0 Å². The van der Waals surface area contributed by atoms with Gasteiger partial charge < -0.3 is 5.32 Å². The molecule has 0 aliphatic heterocycles. The maximum atomic E-state index is 6.34. The van der Waals surface area contributed by atoms with Crippen LogP contribution < -0.4 is 5.32 Å². The van der Waals surface area contributed by atoms with Crippen LogP contribution in [0.3, 0.4) is 0 Å². The molecule has 0 aliphatic carbocycles. The summed E-state index contributed by atoms with van der Waals surface area (Å²) in [5.74, 6) is 0. The number of nitrogens with zero attached hydrogens (tertiary/aromatic N) is 2. The maximum absolute atomic E-state index is 6.34. The third-order valence-corrected chi connectivity index (χ3v) is 4.24. The summed E-state index contributed by atoms with van der Waals surface area (Å²) in [5.41, 5.74) is 2.14. The number of halogens is 3. The van der Waals surface area contributed by atoms with Gasteiger partial charge in [0.05, 0.1) is 23.0 Å². The van der Waals surface area contributed by atoms with Crippen molar-refractivity contribution in [2.75, 3.05) is 6.54 Å². The molecule has 0 spiro atoms. The Morgan fingerprint density at radius 1 is 1.25 bits per heavy atom. The van der Waals surface area contributed by atoms with E-state index in [1.54, 1.807) is 6.20 Å². The predicted molar refractivity (Wildman–Crippen MR) is 90.3 cm³/mol. The van der Waals surface area contributed by atoms with Gasteiger partial charge in [-0.3, -0.25) is 4.68 Å². The van der Waals surface area contributed by atoms with Crippen LogP contribution in [0.15, 0.2) is 33.3 Å². The summed E-state index contributed by atoms with van der Waals surface area (Å²) in [6, 6.07) is 6.23. The van der Waals surface area contributed by atoms with Crippen molar-refractivity contribution in [2.24, 2.45) is 0 Å². The van der Waals surface area contributed by atoms with E-state index in [1.165, 1.54) is 0 Å². The Morgan fingerprint density at radius 2 is 1.90 bits per heavy atom. The van der Waals surface area contributed by atoms with Crippen LogP contribution in [-0.2, 0) is 6.54 Å². The Labute approximate surface area is 141 Å². The van der Waals surface area contributed by atoms with E-state index < -0.39 is 0 Å². The lowest BCUT2D eigenvalue weighted by atomic mass is 10.0. The highest BCUT2D eigenvalue weighted by Crippen LogP contribution is 2.31. The molecule has 2 aromatic rings. The topological polar surface area (TPSA) is 29.9 Å². The second-order valence-corrected chi connectivity index (χ2v) is 6.63. The summed E-state index contributed by atoms with van der Waals surface area (Å²) < 4.78 is 4.00. The highest BCUT2D eigenvalue weighted by Gasteiger charge is 2.21. The lowest BCUT2D eigenvalue weighted by Gasteiger charge is -2.21. The first-order valence-electron chi connectivity index (χ1n) is 6.47. The number of hydrogen-bond donors (Lipinski definition) is 1. The van der Waals surface area contributed by atoms with Crippen molar-refractivity contribution >= 4 is 43.5 Å². The van der Waals surface area contributed by atoms with E-state index in [4.69, 9.17) is 11.6 Å². The molecule has 1 N–H and O–H groups in total. The van der Waals surface area contributed by atoms with Crippen molar-refractivity contribution in [1.82, 2.24) is 15.1 Å². The Morgan fingerprint density at radius 3 is 2.45 bits per heavy atom. The molecule has 0 amide bonds. The van der Waals surface area contributed by atoms with Gasteiger partial charge in [0.1, 0.15) is 0 Å². The van der Waals surface area contributed by atoms with E-state index in [-0.39, 0.29) is 6.04 Å². The fraction of sp³-hybridized carbons (Fsp3) is 0.357. The smallest absolute Gasteiger partial charge is 0.0837 e. The first-order chi connectivity index (χ1) is 9.56. The summed E-state index contributed by atoms with van der Waals surface area (Å²) in [5, 5.41) is 8.50. The third kappa shape index (κ3) is 3.45. The minimum atomic E-state index is 0.0174. The van der Waals surface area contributed by atoms with Gasteiger partial charge in [-0.15, -0.1) is 0 Å². The van der Waals surface area contributed by atoms with E-state index in [9.17, 15) is 0 Å². The van der Waals surface area contributed by atoms with Gasteiger partial charge in [-0.2, -0.15) is 5.10 Å². The standard InChI is InChI=1S/C14H16Br2ClN3/c1-3-18-13(9-5-10(15)7-11(16)6-9)14-12(17)8-19-20(14)4-2/h5-8,13,18H,3-4H2,1-2H3. The predicted octanol–water partition coefficient (Wildman–Crippen LogP) is 4.78. The normalized spacial score (nSPS) is 12.7. The van der Waals surface area contributed by atoms with Crippen LogP contribution in [0.5, 0.6) is 0 Å². The molecular weight excluding hydrogens is 405 g/mol. The van der Waals surface area contributed by atoms with E-state index in [2.05, 4.69) is 68.3 Å². The number of rotatable bonds is 5. The molecule has 1 aromatic carbocycles. The summed E-state index contributed by atoms with van der Waals surface area (Å²) in [4.78, 5) is 0. The van der Waals surface area contributed by atoms with Gasteiger partial charge in [0.25, 0.3) is 0 Å². The van der Waals surface area contributed by atoms with Crippen molar-refractivity contribution in [3.8, 4) is 0 Å². The number of hydrogen-bond acceptors (Lipinski definition) is 2. The van der Waals surface area contributed by atoms with Crippen molar-refractivity contribution < 1.29 is 0 Å². The molecule has 0 saturated heterocycles. The first-order valence-corrected chi connectivity index (χ1v) is 8.43. The molecule has 2 rings (SSSR count). The molecule has 0 bridgehead atoms. The average Bonchev–Trinajstić information content (AvgIpc) is 2.76. The molecule has 0 radical (unpaired) electrons. The molecule has 1 aromatic heterocycles. The van der Waals surface area contributed by atoms with Crippen LogP contribution in [0, 0.1) is 0 Å². The minimum absolute atomic E-state index is 0.0174. The van der Waals surface area contributed by atoms with E-state index in [0.29, 0.717) is 5.02 Å². The Hall–Kier alpha value is -0.360. The minimum Gasteiger partial charge on any atom is -0.305 e. The van der Waals surface area contributed by atoms with Gasteiger partial charge >= 0.3 is 0 Å². The molecular formula is C14H16Br2ClN3. The Kier molecular flexibility index (Phi) is 5.66. The van der Waals surface area contributed by atoms with Crippen LogP contribution in [0.25, 0.3) is 0 Å². The van der Waals surface area contributed by atoms with Gasteiger partial charge in [-0.1, -0.05) is 50.4 Å². The number of nitrogens with one attached hydrogen (secondary N) is 1. The SMILES string of the molecule is CCNC(c1cc(Br)cc(Br)c1)c1c(Cl)cnn1CC. The van der Waals surface area contributed by atoms with Crippen LogP contribution in [0.4, 0.5) is 0 Å². The van der Waals surface area contributed by atoms with E-state index in [0.717, 1.165) is 33.3 Å². The molecule has 0 saturated carbocycles. The van der Waals surface area contributed by atoms with Crippen LogP contribution in [-0.4, -0.2) is 16.3 Å². The zero-order valence-electron chi connectivity index (χ0n) is 11.3. The van der Waals surface area contributed by atoms with Gasteiger partial charge in [-0.25, -0.2) is 0 Å². The lowest BCUT2D eigenvalue weighted by Crippen LogP contribution is -2.25. The summed E-state index contributed by atoms with van der Waals surface area (Å²) >= 11 is 13.4. The highest BCUT2D eigenvalue weighted by molar-refractivity contribution is 9.11. The van der Waals surface area contributed by atoms with Crippen molar-refractivity contribution in [3.63, 3.8) is 0 Å². The highest BCUT2D eigenvalue weighted by atomic mass is 79.9. The molecule has 108 valence electrons. The second kappa shape index (κ2) is 7.07. The average molecular weight is 422 g/mol. The van der Waals surface area contributed by atoms with E-state index >= 15 is 0 Å². The van der Waals surface area contributed by atoms with Gasteiger partial charge in [0.15, 0.2) is 0 Å². The molecule has 0 aliphatic rings. The molecule has 0 fully saturated rings. The zero-order chi connectivity index (χ0) is 14.7. The molecule has 20 heavy (non-hydrogen) atoms.